The number of aromatic nitrogens is 2. The number of carbonyl (C=O) groups excluding carboxylic acids is 1. The Hall–Kier alpha value is -4.06. The monoisotopic (exact) mass is 396 g/mol. The standard InChI is InChI=1S/C24H20N4O2/c1-2-30-23(29)19-14-9-15-20(16-19)27-28-24-25-21(17-10-5-3-6-11-17)22(26-24)18-12-7-4-8-13-18/h3-16H,2H2,1H3,(H,25,26). The van der Waals surface area contributed by atoms with E-state index in [1.807, 2.05) is 60.7 Å². The normalized spacial score (nSPS) is 11.0. The molecular weight excluding hydrogens is 376 g/mol. The Balaban J connectivity index is 1.68. The SMILES string of the molecule is CCOC(=O)c1cccc(N=Nc2nc(-c3ccccc3)c(-c3ccccc3)[nH]2)c1. The number of nitrogens with zero attached hydrogens (tertiary/aromatic N) is 3. The smallest absolute Gasteiger partial charge is 0.338 e. The maximum absolute atomic E-state index is 11.9. The summed E-state index contributed by atoms with van der Waals surface area (Å²) in [5.41, 5.74) is 4.64. The van der Waals surface area contributed by atoms with Gasteiger partial charge in [0.2, 0.25) is 5.95 Å². The van der Waals surface area contributed by atoms with Gasteiger partial charge in [0.25, 0.3) is 0 Å². The molecule has 6 heteroatoms. The molecule has 0 unspecified atom stereocenters. The van der Waals surface area contributed by atoms with Gasteiger partial charge in [-0.15, -0.1) is 10.2 Å². The van der Waals surface area contributed by atoms with Gasteiger partial charge in [-0.2, -0.15) is 0 Å². The molecule has 1 aromatic heterocycles. The molecule has 0 spiro atoms. The summed E-state index contributed by atoms with van der Waals surface area (Å²) in [5, 5.41) is 8.51. The predicted molar refractivity (Wildman–Crippen MR) is 116 cm³/mol. The number of ether oxygens (including phenoxy) is 1. The van der Waals surface area contributed by atoms with E-state index in [0.29, 0.717) is 23.8 Å². The number of H-pyrrole nitrogens is 1. The van der Waals surface area contributed by atoms with E-state index in [2.05, 4.69) is 20.2 Å². The lowest BCUT2D eigenvalue weighted by molar-refractivity contribution is 0.0526. The number of imidazole rings is 1. The highest BCUT2D eigenvalue weighted by Crippen LogP contribution is 2.32. The number of azo groups is 1. The average molecular weight is 396 g/mol. The minimum absolute atomic E-state index is 0.321. The van der Waals surface area contributed by atoms with Crippen LogP contribution in [0.1, 0.15) is 17.3 Å². The quantitative estimate of drug-likeness (QED) is 0.305. The van der Waals surface area contributed by atoms with Crippen molar-refractivity contribution in [2.45, 2.75) is 6.92 Å². The largest absolute Gasteiger partial charge is 0.462 e. The number of carbonyl (C=O) groups is 1. The summed E-state index contributed by atoms with van der Waals surface area (Å²) in [5.74, 6) is -0.000444. The van der Waals surface area contributed by atoms with Crippen molar-refractivity contribution in [3.05, 3.63) is 90.5 Å². The Morgan fingerprint density at radius 2 is 1.60 bits per heavy atom. The number of rotatable bonds is 6. The number of benzene rings is 3. The molecule has 4 aromatic rings. The van der Waals surface area contributed by atoms with Crippen LogP contribution in [0.5, 0.6) is 0 Å². The molecule has 0 aliphatic rings. The molecular formula is C24H20N4O2. The highest BCUT2D eigenvalue weighted by atomic mass is 16.5. The Bertz CT molecular complexity index is 1110. The first-order valence-electron chi connectivity index (χ1n) is 9.64. The van der Waals surface area contributed by atoms with E-state index in [-0.39, 0.29) is 5.97 Å². The number of esters is 1. The van der Waals surface area contributed by atoms with Crippen LogP contribution in [-0.4, -0.2) is 22.5 Å². The fraction of sp³-hybridized carbons (Fsp3) is 0.0833. The second kappa shape index (κ2) is 8.96. The summed E-state index contributed by atoms with van der Waals surface area (Å²) >= 11 is 0. The van der Waals surface area contributed by atoms with Crippen molar-refractivity contribution < 1.29 is 9.53 Å². The van der Waals surface area contributed by atoms with Gasteiger partial charge in [0, 0.05) is 11.1 Å². The van der Waals surface area contributed by atoms with Crippen LogP contribution in [0.25, 0.3) is 22.5 Å². The van der Waals surface area contributed by atoms with E-state index in [1.54, 1.807) is 31.2 Å². The zero-order valence-electron chi connectivity index (χ0n) is 16.4. The minimum atomic E-state index is -0.384. The van der Waals surface area contributed by atoms with Crippen LogP contribution in [0.3, 0.4) is 0 Å². The number of hydrogen-bond donors (Lipinski definition) is 1. The highest BCUT2D eigenvalue weighted by molar-refractivity contribution is 5.90. The first kappa shape index (κ1) is 19.3. The molecule has 0 saturated carbocycles. The van der Waals surface area contributed by atoms with Crippen molar-refractivity contribution in [1.82, 2.24) is 9.97 Å². The Morgan fingerprint density at radius 1 is 0.900 bits per heavy atom. The molecule has 0 aliphatic carbocycles. The maximum atomic E-state index is 11.9. The fourth-order valence-electron chi connectivity index (χ4n) is 3.04. The number of aromatic amines is 1. The molecule has 3 aromatic carbocycles. The van der Waals surface area contributed by atoms with Crippen LogP contribution in [0, 0.1) is 0 Å². The Labute approximate surface area is 174 Å². The van der Waals surface area contributed by atoms with Gasteiger partial charge in [0.15, 0.2) is 0 Å². The molecule has 1 N–H and O–H groups in total. The molecule has 4 rings (SSSR count). The summed E-state index contributed by atoms with van der Waals surface area (Å²) in [6.07, 6.45) is 0. The van der Waals surface area contributed by atoms with Crippen molar-refractivity contribution in [2.75, 3.05) is 6.61 Å². The zero-order valence-corrected chi connectivity index (χ0v) is 16.4. The van der Waals surface area contributed by atoms with Gasteiger partial charge in [-0.1, -0.05) is 66.7 Å². The lowest BCUT2D eigenvalue weighted by Gasteiger charge is -2.02. The summed E-state index contributed by atoms with van der Waals surface area (Å²) in [6, 6.07) is 26.7. The highest BCUT2D eigenvalue weighted by Gasteiger charge is 2.14. The van der Waals surface area contributed by atoms with Gasteiger partial charge in [-0.3, -0.25) is 0 Å². The summed E-state index contributed by atoms with van der Waals surface area (Å²) in [7, 11) is 0. The van der Waals surface area contributed by atoms with Gasteiger partial charge in [0.1, 0.15) is 0 Å². The zero-order chi connectivity index (χ0) is 20.8. The maximum Gasteiger partial charge on any atom is 0.338 e. The molecule has 30 heavy (non-hydrogen) atoms. The fourth-order valence-corrected chi connectivity index (χ4v) is 3.04. The van der Waals surface area contributed by atoms with Gasteiger partial charge >= 0.3 is 5.97 Å². The van der Waals surface area contributed by atoms with E-state index in [9.17, 15) is 4.79 Å². The lowest BCUT2D eigenvalue weighted by atomic mass is 10.1. The van der Waals surface area contributed by atoms with Crippen LogP contribution in [-0.2, 0) is 4.74 Å². The molecule has 0 aliphatic heterocycles. The van der Waals surface area contributed by atoms with Crippen LogP contribution in [0.15, 0.2) is 95.2 Å². The number of nitrogens with one attached hydrogen (secondary N) is 1. The molecule has 1 heterocycles. The first-order chi connectivity index (χ1) is 14.7. The number of hydrogen-bond acceptors (Lipinski definition) is 5. The van der Waals surface area contributed by atoms with E-state index < -0.39 is 0 Å². The molecule has 0 saturated heterocycles. The summed E-state index contributed by atoms with van der Waals surface area (Å²) in [6.45, 7) is 2.09. The summed E-state index contributed by atoms with van der Waals surface area (Å²) < 4.78 is 5.03. The molecule has 0 bridgehead atoms. The van der Waals surface area contributed by atoms with Crippen LogP contribution < -0.4 is 0 Å². The van der Waals surface area contributed by atoms with E-state index in [0.717, 1.165) is 22.5 Å². The van der Waals surface area contributed by atoms with Gasteiger partial charge < -0.3 is 9.72 Å². The second-order valence-corrected chi connectivity index (χ2v) is 6.49. The molecule has 0 atom stereocenters. The first-order valence-corrected chi connectivity index (χ1v) is 9.64. The molecule has 148 valence electrons. The van der Waals surface area contributed by atoms with E-state index in [4.69, 9.17) is 4.74 Å². The third-order valence-electron chi connectivity index (χ3n) is 4.42. The van der Waals surface area contributed by atoms with Crippen molar-refractivity contribution in [3.8, 4) is 22.5 Å². The molecule has 0 amide bonds. The third kappa shape index (κ3) is 4.33. The Morgan fingerprint density at radius 3 is 2.30 bits per heavy atom. The molecule has 0 radical (unpaired) electrons. The van der Waals surface area contributed by atoms with Crippen molar-refractivity contribution in [2.24, 2.45) is 10.2 Å². The van der Waals surface area contributed by atoms with Crippen LogP contribution >= 0.6 is 0 Å². The van der Waals surface area contributed by atoms with Gasteiger partial charge in [0.05, 0.1) is 29.2 Å². The topological polar surface area (TPSA) is 79.7 Å². The second-order valence-electron chi connectivity index (χ2n) is 6.49. The van der Waals surface area contributed by atoms with E-state index in [1.165, 1.54) is 0 Å². The molecule has 0 fully saturated rings. The van der Waals surface area contributed by atoms with E-state index >= 15 is 0 Å². The Kier molecular flexibility index (Phi) is 5.75. The van der Waals surface area contributed by atoms with Gasteiger partial charge in [-0.05, 0) is 25.1 Å². The molecule has 6 nitrogen and oxygen atoms in total. The predicted octanol–water partition coefficient (Wildman–Crippen LogP) is 6.34. The minimum Gasteiger partial charge on any atom is -0.462 e. The average Bonchev–Trinajstić information content (AvgIpc) is 3.24. The van der Waals surface area contributed by atoms with Crippen molar-refractivity contribution in [1.29, 1.82) is 0 Å². The van der Waals surface area contributed by atoms with Crippen molar-refractivity contribution >= 4 is 17.6 Å². The van der Waals surface area contributed by atoms with Crippen molar-refractivity contribution in [3.63, 3.8) is 0 Å². The van der Waals surface area contributed by atoms with Gasteiger partial charge in [-0.25, -0.2) is 9.78 Å². The van der Waals surface area contributed by atoms with Crippen LogP contribution in [0.2, 0.25) is 0 Å². The summed E-state index contributed by atoms with van der Waals surface area (Å²) in [4.78, 5) is 19.8. The van der Waals surface area contributed by atoms with Crippen LogP contribution in [0.4, 0.5) is 11.6 Å². The third-order valence-corrected chi connectivity index (χ3v) is 4.42. The lowest BCUT2D eigenvalue weighted by Crippen LogP contribution is -2.03.